The van der Waals surface area contributed by atoms with Crippen LogP contribution in [0, 0.1) is 0 Å². The first kappa shape index (κ1) is 22.9. The maximum Gasteiger partial charge on any atom is 0.191 e. The number of hydrogen-bond acceptors (Lipinski definition) is 3. The van der Waals surface area contributed by atoms with Crippen molar-refractivity contribution in [3.8, 4) is 0 Å². The Labute approximate surface area is 160 Å². The average molecular weight is 440 g/mol. The molecule has 1 saturated carbocycles. The highest BCUT2D eigenvalue weighted by Crippen LogP contribution is 2.20. The van der Waals surface area contributed by atoms with Gasteiger partial charge in [0.2, 0.25) is 0 Å². The van der Waals surface area contributed by atoms with E-state index in [2.05, 4.69) is 41.4 Å². The quantitative estimate of drug-likeness (QED) is 0.251. The molecule has 0 aromatic heterocycles. The molecule has 1 aliphatic rings. The smallest absolute Gasteiger partial charge is 0.191 e. The number of likely N-dealkylation sites (N-methyl/N-ethyl adjacent to an activating group) is 1. The van der Waals surface area contributed by atoms with Crippen molar-refractivity contribution in [1.29, 1.82) is 0 Å². The van der Waals surface area contributed by atoms with Crippen LogP contribution in [0.4, 0.5) is 0 Å². The Morgan fingerprint density at radius 2 is 1.83 bits per heavy atom. The molecule has 0 radical (unpaired) electrons. The zero-order valence-corrected chi connectivity index (χ0v) is 17.8. The molecule has 0 heterocycles. The number of nitrogens with one attached hydrogen (secondary N) is 2. The first-order valence-corrected chi connectivity index (χ1v) is 8.90. The van der Waals surface area contributed by atoms with Crippen LogP contribution in [0.2, 0.25) is 0 Å². The zero-order valence-electron chi connectivity index (χ0n) is 15.4. The molecule has 0 aromatic carbocycles. The minimum atomic E-state index is 0. The second-order valence-electron chi connectivity index (χ2n) is 6.48. The van der Waals surface area contributed by atoms with Crippen molar-refractivity contribution >= 4 is 29.9 Å². The van der Waals surface area contributed by atoms with Crippen LogP contribution in [-0.2, 0) is 4.74 Å². The lowest BCUT2D eigenvalue weighted by molar-refractivity contribution is 0.0277. The summed E-state index contributed by atoms with van der Waals surface area (Å²) in [6.07, 6.45) is 8.10. The second-order valence-corrected chi connectivity index (χ2v) is 6.48. The Kier molecular flexibility index (Phi) is 14.2. The molecule has 23 heavy (non-hydrogen) atoms. The fraction of sp³-hybridized carbons (Fsp3) is 0.941. The number of hydrogen-bond donors (Lipinski definition) is 2. The van der Waals surface area contributed by atoms with Gasteiger partial charge in [0.15, 0.2) is 5.96 Å². The van der Waals surface area contributed by atoms with Crippen molar-refractivity contribution < 1.29 is 4.74 Å². The average Bonchev–Trinajstić information content (AvgIpc) is 2.53. The summed E-state index contributed by atoms with van der Waals surface area (Å²) in [7, 11) is 3.96. The second kappa shape index (κ2) is 14.3. The largest absolute Gasteiger partial charge is 0.378 e. The van der Waals surface area contributed by atoms with Crippen LogP contribution in [-0.4, -0.2) is 63.3 Å². The number of halogens is 1. The summed E-state index contributed by atoms with van der Waals surface area (Å²) in [5, 5.41) is 6.70. The van der Waals surface area contributed by atoms with Gasteiger partial charge < -0.3 is 20.3 Å². The van der Waals surface area contributed by atoms with E-state index >= 15 is 0 Å². The number of ether oxygens (including phenoxy) is 1. The van der Waals surface area contributed by atoms with Crippen molar-refractivity contribution in [1.82, 2.24) is 15.5 Å². The van der Waals surface area contributed by atoms with Crippen molar-refractivity contribution in [3.63, 3.8) is 0 Å². The van der Waals surface area contributed by atoms with Crippen LogP contribution in [0.3, 0.4) is 0 Å². The van der Waals surface area contributed by atoms with Crippen LogP contribution in [0.25, 0.3) is 0 Å². The molecule has 138 valence electrons. The molecule has 0 atom stereocenters. The topological polar surface area (TPSA) is 48.9 Å². The van der Waals surface area contributed by atoms with E-state index in [1.54, 1.807) is 0 Å². The predicted molar refractivity (Wildman–Crippen MR) is 110 cm³/mol. The molecule has 0 amide bonds. The summed E-state index contributed by atoms with van der Waals surface area (Å²) in [6.45, 7) is 8.10. The molecule has 5 nitrogen and oxygen atoms in total. The van der Waals surface area contributed by atoms with Crippen LogP contribution in [0.5, 0.6) is 0 Å². The molecule has 0 saturated heterocycles. The number of nitrogens with zero attached hydrogens (tertiary/aromatic N) is 2. The van der Waals surface area contributed by atoms with Crippen molar-refractivity contribution in [2.75, 3.05) is 40.3 Å². The lowest BCUT2D eigenvalue weighted by Crippen LogP contribution is -2.42. The molecule has 1 aliphatic carbocycles. The zero-order chi connectivity index (χ0) is 16.2. The molecule has 1 fully saturated rings. The van der Waals surface area contributed by atoms with Gasteiger partial charge in [0.25, 0.3) is 0 Å². The Balaban J connectivity index is 0.00000484. The molecule has 0 aliphatic heterocycles. The van der Waals surface area contributed by atoms with Gasteiger partial charge in [-0.1, -0.05) is 19.3 Å². The Hall–Kier alpha value is -0.0800. The minimum Gasteiger partial charge on any atom is -0.378 e. The number of aliphatic imine (C=N–C) groups is 1. The van der Waals surface area contributed by atoms with Gasteiger partial charge in [-0.2, -0.15) is 0 Å². The summed E-state index contributed by atoms with van der Waals surface area (Å²) in [6, 6.07) is 0.578. The van der Waals surface area contributed by atoms with E-state index in [9.17, 15) is 0 Å². The van der Waals surface area contributed by atoms with Gasteiger partial charge in [-0.3, -0.25) is 4.99 Å². The van der Waals surface area contributed by atoms with Gasteiger partial charge in [-0.15, -0.1) is 24.0 Å². The molecule has 2 N–H and O–H groups in total. The highest BCUT2D eigenvalue weighted by atomic mass is 127. The first-order chi connectivity index (χ1) is 10.6. The summed E-state index contributed by atoms with van der Waals surface area (Å²) < 4.78 is 5.93. The third-order valence-electron chi connectivity index (χ3n) is 4.38. The van der Waals surface area contributed by atoms with Crippen LogP contribution >= 0.6 is 24.0 Å². The van der Waals surface area contributed by atoms with E-state index in [1.165, 1.54) is 32.1 Å². The monoisotopic (exact) mass is 440 g/mol. The fourth-order valence-corrected chi connectivity index (χ4v) is 2.59. The van der Waals surface area contributed by atoms with Crippen LogP contribution in [0.15, 0.2) is 4.99 Å². The Morgan fingerprint density at radius 1 is 1.17 bits per heavy atom. The molecule has 0 unspecified atom stereocenters. The van der Waals surface area contributed by atoms with Crippen molar-refractivity contribution in [2.45, 2.75) is 64.5 Å². The molecule has 6 heteroatoms. The molecule has 1 rings (SSSR count). The normalized spacial score (nSPS) is 16.5. The van der Waals surface area contributed by atoms with E-state index in [4.69, 9.17) is 4.74 Å². The maximum atomic E-state index is 5.93. The van der Waals surface area contributed by atoms with Gasteiger partial charge in [0.1, 0.15) is 0 Å². The minimum absolute atomic E-state index is 0. The van der Waals surface area contributed by atoms with Gasteiger partial charge in [0.05, 0.1) is 6.10 Å². The summed E-state index contributed by atoms with van der Waals surface area (Å²) in [4.78, 5) is 6.57. The maximum absolute atomic E-state index is 5.93. The number of guanidine groups is 1. The van der Waals surface area contributed by atoms with E-state index in [0.29, 0.717) is 12.1 Å². The molecular weight excluding hydrogens is 403 g/mol. The molecule has 0 spiro atoms. The lowest BCUT2D eigenvalue weighted by atomic mass is 9.98. The van der Waals surface area contributed by atoms with E-state index in [0.717, 1.165) is 38.6 Å². The van der Waals surface area contributed by atoms with Crippen molar-refractivity contribution in [3.05, 3.63) is 0 Å². The van der Waals surface area contributed by atoms with E-state index in [-0.39, 0.29) is 24.0 Å². The Bertz CT molecular complexity index is 307. The Morgan fingerprint density at radius 3 is 2.43 bits per heavy atom. The van der Waals surface area contributed by atoms with Gasteiger partial charge in [0, 0.05) is 39.3 Å². The van der Waals surface area contributed by atoms with E-state index < -0.39 is 0 Å². The van der Waals surface area contributed by atoms with Crippen LogP contribution < -0.4 is 10.6 Å². The third-order valence-corrected chi connectivity index (χ3v) is 4.38. The molecular formula is C17H37IN4O. The van der Waals surface area contributed by atoms with E-state index in [1.807, 2.05) is 7.05 Å². The van der Waals surface area contributed by atoms with Crippen LogP contribution in [0.1, 0.15) is 52.4 Å². The highest BCUT2D eigenvalue weighted by Gasteiger charge is 2.12. The summed E-state index contributed by atoms with van der Waals surface area (Å²) in [5.41, 5.74) is 0. The molecule has 0 bridgehead atoms. The third kappa shape index (κ3) is 11.2. The standard InChI is InChI=1S/C17H36N4O.HI/c1-15(2)21(4)13-12-20-17(18-3)19-11-8-14-22-16-9-6-5-7-10-16;/h15-16H,5-14H2,1-4H3,(H2,18,19,20);1H. The highest BCUT2D eigenvalue weighted by molar-refractivity contribution is 14.0. The fourth-order valence-electron chi connectivity index (χ4n) is 2.59. The van der Waals surface area contributed by atoms with Gasteiger partial charge >= 0.3 is 0 Å². The predicted octanol–water partition coefficient (Wildman–Crippen LogP) is 2.85. The van der Waals surface area contributed by atoms with Gasteiger partial charge in [-0.25, -0.2) is 0 Å². The molecule has 0 aromatic rings. The first-order valence-electron chi connectivity index (χ1n) is 8.90. The lowest BCUT2D eigenvalue weighted by Gasteiger charge is -2.22. The summed E-state index contributed by atoms with van der Waals surface area (Å²) in [5.74, 6) is 0.884. The van der Waals surface area contributed by atoms with Crippen molar-refractivity contribution in [2.24, 2.45) is 4.99 Å². The summed E-state index contributed by atoms with van der Waals surface area (Å²) >= 11 is 0. The van der Waals surface area contributed by atoms with Gasteiger partial charge in [-0.05, 0) is 40.2 Å². The number of rotatable bonds is 9. The SMILES string of the molecule is CN=C(NCCCOC1CCCCC1)NCCN(C)C(C)C.I.